The lowest BCUT2D eigenvalue weighted by atomic mass is 10.4. The van der Waals surface area contributed by atoms with Crippen molar-refractivity contribution in [2.75, 3.05) is 6.61 Å². The topological polar surface area (TPSA) is 100 Å². The lowest BCUT2D eigenvalue weighted by molar-refractivity contribution is -0.173. The van der Waals surface area contributed by atoms with Gasteiger partial charge in [-0.25, -0.2) is 4.68 Å². The van der Waals surface area contributed by atoms with E-state index in [1.807, 2.05) is 0 Å². The summed E-state index contributed by atoms with van der Waals surface area (Å²) < 4.78 is 36.3. The number of carbonyl (C=O) groups excluding carboxylic acids is 1. The number of aliphatic hydroxyl groups is 2. The maximum atomic E-state index is 11.8. The highest BCUT2D eigenvalue weighted by atomic mass is 19.4. The second-order valence-corrected chi connectivity index (χ2v) is 3.03. The molecule has 0 aromatic carbocycles. The van der Waals surface area contributed by atoms with Crippen LogP contribution in [0.2, 0.25) is 0 Å². The number of carbonyl (C=O) groups is 1. The van der Waals surface area contributed by atoms with E-state index >= 15 is 0 Å². The fraction of sp³-hybridized carbons (Fsp3) is 0.571. The van der Waals surface area contributed by atoms with Crippen LogP contribution in [0.25, 0.3) is 0 Å². The summed E-state index contributed by atoms with van der Waals surface area (Å²) in [6.45, 7) is -1.09. The first-order valence-electron chi connectivity index (χ1n) is 4.39. The van der Waals surface area contributed by atoms with Gasteiger partial charge in [0.1, 0.15) is 5.69 Å². The summed E-state index contributed by atoms with van der Waals surface area (Å²) in [7, 11) is 0. The number of hydrogen-bond donors (Lipinski definition) is 3. The van der Waals surface area contributed by atoms with Crippen LogP contribution in [0.3, 0.4) is 0 Å². The summed E-state index contributed by atoms with van der Waals surface area (Å²) in [5, 5.41) is 26.0. The van der Waals surface area contributed by atoms with Crippen LogP contribution in [0.4, 0.5) is 13.2 Å². The molecule has 1 atom stereocenters. The third-order valence-electron chi connectivity index (χ3n) is 1.71. The van der Waals surface area contributed by atoms with E-state index in [9.17, 15) is 18.0 Å². The molecule has 0 saturated carbocycles. The van der Waals surface area contributed by atoms with E-state index in [0.29, 0.717) is 0 Å². The SMILES string of the molecule is O=C(NCc1cn(C(O)CO)nn1)C(F)(F)F. The lowest BCUT2D eigenvalue weighted by Crippen LogP contribution is -2.36. The highest BCUT2D eigenvalue weighted by Crippen LogP contribution is 2.14. The van der Waals surface area contributed by atoms with Crippen LogP contribution in [-0.4, -0.2) is 43.9 Å². The molecule has 0 aliphatic heterocycles. The molecule has 0 fully saturated rings. The predicted octanol–water partition coefficient (Wildman–Crippen LogP) is -1.06. The normalized spacial score (nSPS) is 13.5. The quantitative estimate of drug-likeness (QED) is 0.636. The molecule has 0 aliphatic carbocycles. The average molecular weight is 254 g/mol. The molecule has 0 saturated heterocycles. The van der Waals surface area contributed by atoms with Gasteiger partial charge in [0.2, 0.25) is 0 Å². The van der Waals surface area contributed by atoms with Crippen molar-refractivity contribution in [2.24, 2.45) is 0 Å². The van der Waals surface area contributed by atoms with E-state index < -0.39 is 31.5 Å². The number of aromatic nitrogens is 3. The predicted molar refractivity (Wildman–Crippen MR) is 46.3 cm³/mol. The van der Waals surface area contributed by atoms with Crippen molar-refractivity contribution in [3.8, 4) is 0 Å². The number of nitrogens with one attached hydrogen (secondary N) is 1. The van der Waals surface area contributed by atoms with Gasteiger partial charge in [-0.15, -0.1) is 5.10 Å². The van der Waals surface area contributed by atoms with E-state index in [1.165, 1.54) is 0 Å². The Kier molecular flexibility index (Phi) is 4.02. The van der Waals surface area contributed by atoms with Crippen LogP contribution < -0.4 is 5.32 Å². The molecule has 96 valence electrons. The first-order valence-corrected chi connectivity index (χ1v) is 4.39. The third kappa shape index (κ3) is 3.67. The fourth-order valence-electron chi connectivity index (χ4n) is 0.895. The van der Waals surface area contributed by atoms with Gasteiger partial charge >= 0.3 is 12.1 Å². The summed E-state index contributed by atoms with van der Waals surface area (Å²) in [5.41, 5.74) is 0.0232. The van der Waals surface area contributed by atoms with E-state index in [-0.39, 0.29) is 5.69 Å². The zero-order chi connectivity index (χ0) is 13.1. The molecule has 17 heavy (non-hydrogen) atoms. The molecule has 1 heterocycles. The Hall–Kier alpha value is -1.68. The number of amides is 1. The van der Waals surface area contributed by atoms with Crippen molar-refractivity contribution in [1.82, 2.24) is 20.3 Å². The smallest absolute Gasteiger partial charge is 0.392 e. The summed E-state index contributed by atoms with van der Waals surface area (Å²) in [6.07, 6.45) is -5.17. The van der Waals surface area contributed by atoms with Crippen molar-refractivity contribution < 1.29 is 28.2 Å². The van der Waals surface area contributed by atoms with Crippen molar-refractivity contribution in [1.29, 1.82) is 0 Å². The van der Waals surface area contributed by atoms with Gasteiger partial charge in [0, 0.05) is 0 Å². The maximum Gasteiger partial charge on any atom is 0.471 e. The Morgan fingerprint density at radius 1 is 1.59 bits per heavy atom. The van der Waals surface area contributed by atoms with Crippen molar-refractivity contribution in [2.45, 2.75) is 18.9 Å². The third-order valence-corrected chi connectivity index (χ3v) is 1.71. The van der Waals surface area contributed by atoms with Gasteiger partial charge in [0.05, 0.1) is 19.3 Å². The monoisotopic (exact) mass is 254 g/mol. The zero-order valence-corrected chi connectivity index (χ0v) is 8.35. The molecule has 1 unspecified atom stereocenters. The highest BCUT2D eigenvalue weighted by Gasteiger charge is 2.38. The van der Waals surface area contributed by atoms with Crippen molar-refractivity contribution >= 4 is 5.91 Å². The summed E-state index contributed by atoms with van der Waals surface area (Å²) in [4.78, 5) is 10.5. The van der Waals surface area contributed by atoms with Gasteiger partial charge in [-0.05, 0) is 0 Å². The second-order valence-electron chi connectivity index (χ2n) is 3.03. The molecule has 1 aromatic rings. The number of nitrogens with zero attached hydrogens (tertiary/aromatic N) is 3. The van der Waals surface area contributed by atoms with Crippen LogP contribution >= 0.6 is 0 Å². The molecule has 1 rings (SSSR count). The Morgan fingerprint density at radius 3 is 2.76 bits per heavy atom. The molecular weight excluding hydrogens is 245 g/mol. The second kappa shape index (κ2) is 5.10. The molecule has 10 heteroatoms. The summed E-state index contributed by atoms with van der Waals surface area (Å²) in [6, 6.07) is 0. The van der Waals surface area contributed by atoms with Gasteiger partial charge in [-0.1, -0.05) is 5.21 Å². The molecular formula is C7H9F3N4O3. The molecule has 3 N–H and O–H groups in total. The molecule has 0 aliphatic rings. The Bertz CT molecular complexity index is 392. The molecule has 1 aromatic heterocycles. The van der Waals surface area contributed by atoms with E-state index in [0.717, 1.165) is 10.9 Å². The van der Waals surface area contributed by atoms with E-state index in [2.05, 4.69) is 10.3 Å². The first-order chi connectivity index (χ1) is 7.84. The lowest BCUT2D eigenvalue weighted by Gasteiger charge is -2.06. The van der Waals surface area contributed by atoms with Crippen LogP contribution in [0, 0.1) is 0 Å². The summed E-state index contributed by atoms with van der Waals surface area (Å²) >= 11 is 0. The van der Waals surface area contributed by atoms with Crippen LogP contribution in [-0.2, 0) is 11.3 Å². The standard InChI is InChI=1S/C7H9F3N4O3/c8-7(9,10)6(17)11-1-4-2-14(13-12-4)5(16)3-15/h2,5,15-16H,1,3H2,(H,11,17). The molecule has 7 nitrogen and oxygen atoms in total. The number of aliphatic hydroxyl groups excluding tert-OH is 2. The minimum absolute atomic E-state index is 0.0232. The zero-order valence-electron chi connectivity index (χ0n) is 8.35. The van der Waals surface area contributed by atoms with E-state index in [4.69, 9.17) is 10.2 Å². The van der Waals surface area contributed by atoms with Crippen LogP contribution in [0.15, 0.2) is 6.20 Å². The molecule has 1 amide bonds. The maximum absolute atomic E-state index is 11.8. The fourth-order valence-corrected chi connectivity index (χ4v) is 0.895. The van der Waals surface area contributed by atoms with Crippen LogP contribution in [0.5, 0.6) is 0 Å². The van der Waals surface area contributed by atoms with Gasteiger partial charge in [0.25, 0.3) is 0 Å². The Labute approximate surface area is 92.8 Å². The minimum atomic E-state index is -4.96. The summed E-state index contributed by atoms with van der Waals surface area (Å²) in [5.74, 6) is -2.09. The number of hydrogen-bond acceptors (Lipinski definition) is 5. The largest absolute Gasteiger partial charge is 0.471 e. The number of alkyl halides is 3. The number of halogens is 3. The van der Waals surface area contributed by atoms with E-state index in [1.54, 1.807) is 5.32 Å². The molecule has 0 bridgehead atoms. The highest BCUT2D eigenvalue weighted by molar-refractivity contribution is 5.81. The Balaban J connectivity index is 2.53. The first kappa shape index (κ1) is 13.4. The number of rotatable bonds is 4. The minimum Gasteiger partial charge on any atom is -0.392 e. The molecule has 0 radical (unpaired) electrons. The van der Waals surface area contributed by atoms with Gasteiger partial charge in [0.15, 0.2) is 6.23 Å². The van der Waals surface area contributed by atoms with Crippen molar-refractivity contribution in [3.05, 3.63) is 11.9 Å². The van der Waals surface area contributed by atoms with Gasteiger partial charge in [-0.3, -0.25) is 4.79 Å². The molecule has 0 spiro atoms. The van der Waals surface area contributed by atoms with Gasteiger partial charge < -0.3 is 15.5 Å². The average Bonchev–Trinajstić information content (AvgIpc) is 2.72. The Morgan fingerprint density at radius 2 is 2.24 bits per heavy atom. The van der Waals surface area contributed by atoms with Gasteiger partial charge in [-0.2, -0.15) is 13.2 Å². The van der Waals surface area contributed by atoms with Crippen LogP contribution in [0.1, 0.15) is 11.9 Å². The van der Waals surface area contributed by atoms with Crippen molar-refractivity contribution in [3.63, 3.8) is 0 Å².